The van der Waals surface area contributed by atoms with Crippen molar-refractivity contribution in [3.05, 3.63) is 48.8 Å². The number of hydrogen-bond donors (Lipinski definition) is 2. The minimum atomic E-state index is -4.62. The standard InChI is InChI=1S/C26H32F3N3O3S/c1-24(2,31)12-22(30)25(3,4)23(33)35-15-18(26(27,28)29)14-34-19-8-7-16-10-20(36-21(16)11-19)17-6-5-9-32-13-17/h5-11,13,18,22H,12,14-15,30-31H2,1-4H3. The van der Waals surface area contributed by atoms with E-state index in [2.05, 4.69) is 4.98 Å². The summed E-state index contributed by atoms with van der Waals surface area (Å²) in [6.07, 6.45) is -0.878. The average molecular weight is 524 g/mol. The molecule has 0 amide bonds. The molecule has 0 aliphatic carbocycles. The van der Waals surface area contributed by atoms with E-state index in [1.165, 1.54) is 11.3 Å². The first-order valence-electron chi connectivity index (χ1n) is 11.5. The number of carbonyl (C=O) groups excluding carboxylic acids is 1. The van der Waals surface area contributed by atoms with Crippen molar-refractivity contribution in [1.82, 2.24) is 4.98 Å². The normalized spacial score (nSPS) is 14.5. The lowest BCUT2D eigenvalue weighted by Gasteiger charge is -2.34. The molecule has 3 rings (SSSR count). The van der Waals surface area contributed by atoms with Crippen molar-refractivity contribution >= 4 is 27.4 Å². The first-order chi connectivity index (χ1) is 16.7. The molecule has 196 valence electrons. The Hall–Kier alpha value is -2.69. The van der Waals surface area contributed by atoms with Crippen molar-refractivity contribution in [2.24, 2.45) is 22.8 Å². The van der Waals surface area contributed by atoms with Crippen LogP contribution < -0.4 is 16.2 Å². The lowest BCUT2D eigenvalue weighted by Crippen LogP contribution is -2.50. The van der Waals surface area contributed by atoms with Crippen molar-refractivity contribution in [3.63, 3.8) is 0 Å². The van der Waals surface area contributed by atoms with Crippen LogP contribution in [-0.2, 0) is 9.53 Å². The molecule has 0 aliphatic heterocycles. The molecule has 2 heterocycles. The number of nitrogens with two attached hydrogens (primary N) is 2. The Bertz CT molecular complexity index is 1170. The number of halogens is 3. The zero-order valence-corrected chi connectivity index (χ0v) is 21.6. The SMILES string of the molecule is CC(C)(N)CC(N)C(C)(C)C(=O)OCC(COc1ccc2cc(-c3cccnc3)sc2c1)C(F)(F)F. The molecule has 36 heavy (non-hydrogen) atoms. The number of alkyl halides is 3. The van der Waals surface area contributed by atoms with E-state index in [0.29, 0.717) is 12.2 Å². The quantitative estimate of drug-likeness (QED) is 0.338. The molecule has 0 saturated heterocycles. The molecule has 2 unspecified atom stereocenters. The maximum absolute atomic E-state index is 13.7. The number of hydrogen-bond acceptors (Lipinski definition) is 7. The fraction of sp³-hybridized carbons (Fsp3) is 0.462. The number of thiophene rings is 1. The highest BCUT2D eigenvalue weighted by Crippen LogP contribution is 2.36. The van der Waals surface area contributed by atoms with Gasteiger partial charge in [0.2, 0.25) is 0 Å². The van der Waals surface area contributed by atoms with Crippen molar-refractivity contribution in [1.29, 1.82) is 0 Å². The minimum absolute atomic E-state index is 0.300. The molecular weight excluding hydrogens is 491 g/mol. The summed E-state index contributed by atoms with van der Waals surface area (Å²) in [6.45, 7) is 5.06. The molecule has 10 heteroatoms. The number of aromatic nitrogens is 1. The molecule has 0 bridgehead atoms. The largest absolute Gasteiger partial charge is 0.493 e. The number of fused-ring (bicyclic) bond motifs is 1. The Kier molecular flexibility index (Phi) is 8.32. The Morgan fingerprint density at radius 2 is 1.83 bits per heavy atom. The highest BCUT2D eigenvalue weighted by molar-refractivity contribution is 7.22. The van der Waals surface area contributed by atoms with Crippen LogP contribution in [0.5, 0.6) is 5.75 Å². The van der Waals surface area contributed by atoms with Gasteiger partial charge in [0.15, 0.2) is 0 Å². The summed E-state index contributed by atoms with van der Waals surface area (Å²) in [5, 5.41) is 0.951. The van der Waals surface area contributed by atoms with Crippen molar-refractivity contribution < 1.29 is 27.4 Å². The highest BCUT2D eigenvalue weighted by Gasteiger charge is 2.43. The van der Waals surface area contributed by atoms with Gasteiger partial charge in [-0.05, 0) is 69.8 Å². The maximum atomic E-state index is 13.7. The van der Waals surface area contributed by atoms with Crippen molar-refractivity contribution in [2.45, 2.75) is 51.9 Å². The van der Waals surface area contributed by atoms with Gasteiger partial charge in [-0.1, -0.05) is 6.07 Å². The fourth-order valence-corrected chi connectivity index (χ4v) is 4.60. The molecule has 4 N–H and O–H groups in total. The summed E-state index contributed by atoms with van der Waals surface area (Å²) < 4.78 is 52.5. The second-order valence-electron chi connectivity index (χ2n) is 10.2. The van der Waals surface area contributed by atoms with Gasteiger partial charge >= 0.3 is 12.1 Å². The summed E-state index contributed by atoms with van der Waals surface area (Å²) in [4.78, 5) is 17.7. The van der Waals surface area contributed by atoms with Crippen LogP contribution in [-0.4, -0.2) is 41.9 Å². The second kappa shape index (κ2) is 10.7. The molecule has 3 aromatic rings. The third-order valence-corrected chi connectivity index (χ3v) is 7.11. The van der Waals surface area contributed by atoms with Gasteiger partial charge < -0.3 is 20.9 Å². The van der Waals surface area contributed by atoms with E-state index >= 15 is 0 Å². The number of ether oxygens (including phenoxy) is 2. The molecule has 0 radical (unpaired) electrons. The maximum Gasteiger partial charge on any atom is 0.398 e. The molecule has 0 spiro atoms. The minimum Gasteiger partial charge on any atom is -0.493 e. The van der Waals surface area contributed by atoms with Crippen LogP contribution in [0.2, 0.25) is 0 Å². The van der Waals surface area contributed by atoms with Gasteiger partial charge in [0.1, 0.15) is 24.9 Å². The molecule has 2 aromatic heterocycles. The van der Waals surface area contributed by atoms with E-state index in [-0.39, 0.29) is 0 Å². The van der Waals surface area contributed by atoms with Gasteiger partial charge in [-0.3, -0.25) is 9.78 Å². The van der Waals surface area contributed by atoms with Gasteiger partial charge in [-0.15, -0.1) is 11.3 Å². The zero-order chi connectivity index (χ0) is 26.7. The van der Waals surface area contributed by atoms with E-state index in [1.54, 1.807) is 58.3 Å². The number of pyridine rings is 1. The molecule has 2 atom stereocenters. The summed E-state index contributed by atoms with van der Waals surface area (Å²) in [7, 11) is 0. The molecular formula is C26H32F3N3O3S. The summed E-state index contributed by atoms with van der Waals surface area (Å²) >= 11 is 1.50. The predicted octanol–water partition coefficient (Wildman–Crippen LogP) is 5.54. The average Bonchev–Trinajstić information content (AvgIpc) is 3.21. The Morgan fingerprint density at radius 1 is 1.11 bits per heavy atom. The molecule has 0 aliphatic rings. The monoisotopic (exact) mass is 523 g/mol. The first kappa shape index (κ1) is 27.9. The third kappa shape index (κ3) is 7.18. The molecule has 6 nitrogen and oxygen atoms in total. The number of carbonyl (C=O) groups is 1. The number of nitrogens with zero attached hydrogens (tertiary/aromatic N) is 1. The van der Waals surface area contributed by atoms with Gasteiger partial charge in [0.05, 0.1) is 5.41 Å². The number of rotatable bonds is 10. The first-order valence-corrected chi connectivity index (χ1v) is 12.3. The van der Waals surface area contributed by atoms with Crippen LogP contribution in [0.25, 0.3) is 20.5 Å². The molecule has 0 fully saturated rings. The van der Waals surface area contributed by atoms with E-state index in [1.807, 2.05) is 18.2 Å². The van der Waals surface area contributed by atoms with Crippen LogP contribution in [0, 0.1) is 11.3 Å². The van der Waals surface area contributed by atoms with Gasteiger partial charge in [-0.25, -0.2) is 0 Å². The smallest absolute Gasteiger partial charge is 0.398 e. The van der Waals surface area contributed by atoms with E-state index in [0.717, 1.165) is 20.5 Å². The van der Waals surface area contributed by atoms with Crippen molar-refractivity contribution in [3.8, 4) is 16.2 Å². The van der Waals surface area contributed by atoms with E-state index in [4.69, 9.17) is 20.9 Å². The Balaban J connectivity index is 1.65. The predicted molar refractivity (Wildman–Crippen MR) is 136 cm³/mol. The van der Waals surface area contributed by atoms with Gasteiger partial charge in [-0.2, -0.15) is 13.2 Å². The van der Waals surface area contributed by atoms with Crippen LogP contribution in [0.15, 0.2) is 48.8 Å². The number of benzene rings is 1. The summed E-state index contributed by atoms with van der Waals surface area (Å²) in [5.74, 6) is -2.50. The Labute approximate surface area is 212 Å². The van der Waals surface area contributed by atoms with Crippen LogP contribution in [0.4, 0.5) is 13.2 Å². The topological polar surface area (TPSA) is 100 Å². The van der Waals surface area contributed by atoms with Crippen LogP contribution in [0.3, 0.4) is 0 Å². The zero-order valence-electron chi connectivity index (χ0n) is 20.8. The second-order valence-corrected chi connectivity index (χ2v) is 11.3. The van der Waals surface area contributed by atoms with Gasteiger partial charge in [0.25, 0.3) is 0 Å². The van der Waals surface area contributed by atoms with E-state index < -0.39 is 48.3 Å². The lowest BCUT2D eigenvalue weighted by atomic mass is 9.79. The Morgan fingerprint density at radius 3 is 2.44 bits per heavy atom. The summed E-state index contributed by atoms with van der Waals surface area (Å²) in [6, 6.07) is 10.2. The van der Waals surface area contributed by atoms with Crippen molar-refractivity contribution in [2.75, 3.05) is 13.2 Å². The molecule has 1 aromatic carbocycles. The third-order valence-electron chi connectivity index (χ3n) is 5.97. The lowest BCUT2D eigenvalue weighted by molar-refractivity contribution is -0.199. The van der Waals surface area contributed by atoms with Crippen LogP contribution >= 0.6 is 11.3 Å². The van der Waals surface area contributed by atoms with Crippen LogP contribution in [0.1, 0.15) is 34.1 Å². The van der Waals surface area contributed by atoms with E-state index in [9.17, 15) is 18.0 Å². The summed E-state index contributed by atoms with van der Waals surface area (Å²) in [5.41, 5.74) is 11.2. The van der Waals surface area contributed by atoms with Gasteiger partial charge in [0, 0.05) is 39.1 Å². The molecule has 0 saturated carbocycles. The highest BCUT2D eigenvalue weighted by atomic mass is 32.1. The number of esters is 1. The fourth-order valence-electron chi connectivity index (χ4n) is 3.52.